The molecule has 0 saturated heterocycles. The van der Waals surface area contributed by atoms with Gasteiger partial charge in [-0.15, -0.1) is 0 Å². The van der Waals surface area contributed by atoms with Gasteiger partial charge in [0.2, 0.25) is 0 Å². The van der Waals surface area contributed by atoms with Crippen molar-refractivity contribution in [3.63, 3.8) is 0 Å². The van der Waals surface area contributed by atoms with Crippen molar-refractivity contribution in [3.8, 4) is 0 Å². The largest absolute Gasteiger partial charge is 0.377 e. The van der Waals surface area contributed by atoms with Crippen molar-refractivity contribution >= 4 is 0 Å². The Morgan fingerprint density at radius 3 is 2.58 bits per heavy atom. The van der Waals surface area contributed by atoms with Crippen molar-refractivity contribution in [2.75, 3.05) is 13.2 Å². The smallest absolute Gasteiger partial charge is 0.0664 e. The van der Waals surface area contributed by atoms with E-state index in [4.69, 9.17) is 4.74 Å². The fraction of sp³-hybridized carbons (Fsp3) is 0.647. The van der Waals surface area contributed by atoms with E-state index in [1.54, 1.807) is 0 Å². The molecule has 0 saturated carbocycles. The zero-order valence-electron chi connectivity index (χ0n) is 12.9. The summed E-state index contributed by atoms with van der Waals surface area (Å²) >= 11 is 0. The summed E-state index contributed by atoms with van der Waals surface area (Å²) in [4.78, 5) is 0. The van der Waals surface area contributed by atoms with Crippen LogP contribution in [0.3, 0.4) is 0 Å². The fourth-order valence-electron chi connectivity index (χ4n) is 2.13. The second-order valence-corrected chi connectivity index (χ2v) is 5.38. The molecule has 0 heterocycles. The van der Waals surface area contributed by atoms with Gasteiger partial charge in [0.1, 0.15) is 0 Å². The maximum atomic E-state index is 5.79. The lowest BCUT2D eigenvalue weighted by Gasteiger charge is -2.21. The Hall–Kier alpha value is -0.860. The highest BCUT2D eigenvalue weighted by Crippen LogP contribution is 2.17. The molecule has 1 aromatic rings. The molecule has 1 N–H and O–H groups in total. The number of hydrogen-bond donors (Lipinski definition) is 1. The molecular weight excluding hydrogens is 234 g/mol. The Labute approximate surface area is 118 Å². The minimum absolute atomic E-state index is 0.282. The van der Waals surface area contributed by atoms with Gasteiger partial charge in [-0.2, -0.15) is 0 Å². The Bertz CT molecular complexity index is 349. The van der Waals surface area contributed by atoms with E-state index in [1.807, 2.05) is 0 Å². The average Bonchev–Trinajstić information content (AvgIpc) is 2.39. The number of aryl methyl sites for hydroxylation is 1. The van der Waals surface area contributed by atoms with Crippen molar-refractivity contribution in [1.82, 2.24) is 5.32 Å². The topological polar surface area (TPSA) is 21.3 Å². The highest BCUT2D eigenvalue weighted by Gasteiger charge is 2.12. The molecule has 0 aromatic heterocycles. The molecule has 0 aliphatic rings. The van der Waals surface area contributed by atoms with E-state index in [2.05, 4.69) is 57.3 Å². The third kappa shape index (κ3) is 6.22. The lowest BCUT2D eigenvalue weighted by Crippen LogP contribution is -2.27. The fourth-order valence-corrected chi connectivity index (χ4v) is 2.13. The molecule has 19 heavy (non-hydrogen) atoms. The molecule has 0 aliphatic carbocycles. The van der Waals surface area contributed by atoms with Gasteiger partial charge in [-0.3, -0.25) is 0 Å². The maximum Gasteiger partial charge on any atom is 0.0664 e. The summed E-state index contributed by atoms with van der Waals surface area (Å²) in [5.74, 6) is 0. The van der Waals surface area contributed by atoms with Gasteiger partial charge in [0.25, 0.3) is 0 Å². The first kappa shape index (κ1) is 16.2. The van der Waals surface area contributed by atoms with E-state index >= 15 is 0 Å². The number of ether oxygens (including phenoxy) is 1. The Balaban J connectivity index is 2.73. The van der Waals surface area contributed by atoms with Crippen molar-refractivity contribution in [2.24, 2.45) is 0 Å². The van der Waals surface area contributed by atoms with Crippen LogP contribution in [-0.2, 0) is 11.2 Å². The summed E-state index contributed by atoms with van der Waals surface area (Å²) in [7, 11) is 0. The lowest BCUT2D eigenvalue weighted by molar-refractivity contribution is 0.0611. The Kier molecular flexibility index (Phi) is 7.76. The molecular formula is C17H29NO. The molecule has 1 unspecified atom stereocenters. The van der Waals surface area contributed by atoms with Crippen molar-refractivity contribution in [2.45, 2.75) is 59.1 Å². The van der Waals surface area contributed by atoms with Crippen LogP contribution in [-0.4, -0.2) is 19.3 Å². The van der Waals surface area contributed by atoms with Crippen LogP contribution in [0.15, 0.2) is 24.3 Å². The Morgan fingerprint density at radius 1 is 1.16 bits per heavy atom. The average molecular weight is 263 g/mol. The van der Waals surface area contributed by atoms with Crippen LogP contribution in [0, 0.1) is 0 Å². The van der Waals surface area contributed by atoms with Crippen LogP contribution >= 0.6 is 0 Å². The van der Waals surface area contributed by atoms with Crippen LogP contribution in [0.4, 0.5) is 0 Å². The SMILES string of the molecule is CCCNC(COC(C)C)c1cccc(CCC)c1. The molecule has 0 amide bonds. The zero-order chi connectivity index (χ0) is 14.1. The highest BCUT2D eigenvalue weighted by molar-refractivity contribution is 5.26. The molecule has 0 radical (unpaired) electrons. The van der Waals surface area contributed by atoms with E-state index in [0.717, 1.165) is 26.0 Å². The molecule has 1 aromatic carbocycles. The summed E-state index contributed by atoms with van der Waals surface area (Å²) in [6.07, 6.45) is 3.77. The van der Waals surface area contributed by atoms with Crippen LogP contribution in [0.1, 0.15) is 57.7 Å². The van der Waals surface area contributed by atoms with Gasteiger partial charge in [0.05, 0.1) is 18.8 Å². The normalized spacial score (nSPS) is 12.9. The van der Waals surface area contributed by atoms with Crippen LogP contribution in [0.5, 0.6) is 0 Å². The molecule has 1 rings (SSSR count). The third-order valence-electron chi connectivity index (χ3n) is 3.13. The van der Waals surface area contributed by atoms with E-state index in [9.17, 15) is 0 Å². The standard InChI is InChI=1S/C17H29NO/c1-5-8-15-9-7-10-16(12-15)17(18-11-6-2)13-19-14(3)4/h7,9-10,12,14,17-18H,5-6,8,11,13H2,1-4H3. The number of nitrogens with one attached hydrogen (secondary N) is 1. The molecule has 0 spiro atoms. The van der Waals surface area contributed by atoms with Crippen LogP contribution in [0.2, 0.25) is 0 Å². The minimum atomic E-state index is 0.282. The van der Waals surface area contributed by atoms with Crippen LogP contribution in [0.25, 0.3) is 0 Å². The van der Waals surface area contributed by atoms with Gasteiger partial charge >= 0.3 is 0 Å². The van der Waals surface area contributed by atoms with E-state index in [0.29, 0.717) is 6.04 Å². The second-order valence-electron chi connectivity index (χ2n) is 5.38. The molecule has 2 nitrogen and oxygen atoms in total. The maximum absolute atomic E-state index is 5.79. The lowest BCUT2D eigenvalue weighted by atomic mass is 10.0. The van der Waals surface area contributed by atoms with Gasteiger partial charge in [-0.1, -0.05) is 44.5 Å². The minimum Gasteiger partial charge on any atom is -0.377 e. The van der Waals surface area contributed by atoms with Gasteiger partial charge in [-0.25, -0.2) is 0 Å². The van der Waals surface area contributed by atoms with Crippen molar-refractivity contribution in [3.05, 3.63) is 35.4 Å². The van der Waals surface area contributed by atoms with Gasteiger partial charge in [-0.05, 0) is 44.4 Å². The van der Waals surface area contributed by atoms with Gasteiger partial charge in [0, 0.05) is 0 Å². The van der Waals surface area contributed by atoms with Crippen molar-refractivity contribution < 1.29 is 4.74 Å². The molecule has 1 atom stereocenters. The number of hydrogen-bond acceptors (Lipinski definition) is 2. The first-order valence-corrected chi connectivity index (χ1v) is 7.61. The van der Waals surface area contributed by atoms with Crippen LogP contribution < -0.4 is 5.32 Å². The first-order chi connectivity index (χ1) is 9.17. The van der Waals surface area contributed by atoms with E-state index in [-0.39, 0.29) is 6.10 Å². The summed E-state index contributed by atoms with van der Waals surface area (Å²) < 4.78 is 5.79. The molecule has 2 heteroatoms. The highest BCUT2D eigenvalue weighted by atomic mass is 16.5. The summed E-state index contributed by atoms with van der Waals surface area (Å²) in [6.45, 7) is 10.4. The second kappa shape index (κ2) is 9.11. The quantitative estimate of drug-likeness (QED) is 0.724. The molecule has 108 valence electrons. The van der Waals surface area contributed by atoms with Gasteiger partial charge < -0.3 is 10.1 Å². The summed E-state index contributed by atoms with van der Waals surface area (Å²) in [5.41, 5.74) is 2.77. The van der Waals surface area contributed by atoms with E-state index in [1.165, 1.54) is 17.5 Å². The van der Waals surface area contributed by atoms with Crippen molar-refractivity contribution in [1.29, 1.82) is 0 Å². The summed E-state index contributed by atoms with van der Waals surface area (Å²) in [6, 6.07) is 9.21. The van der Waals surface area contributed by atoms with Gasteiger partial charge in [0.15, 0.2) is 0 Å². The Morgan fingerprint density at radius 2 is 1.95 bits per heavy atom. The zero-order valence-corrected chi connectivity index (χ0v) is 12.9. The monoisotopic (exact) mass is 263 g/mol. The predicted octanol–water partition coefficient (Wildman–Crippen LogP) is 4.10. The molecule has 0 fully saturated rings. The predicted molar refractivity (Wildman–Crippen MR) is 82.6 cm³/mol. The third-order valence-corrected chi connectivity index (χ3v) is 3.13. The number of benzene rings is 1. The summed E-state index contributed by atoms with van der Waals surface area (Å²) in [5, 5.41) is 3.59. The molecule has 0 bridgehead atoms. The number of rotatable bonds is 9. The first-order valence-electron chi connectivity index (χ1n) is 7.61. The molecule has 0 aliphatic heterocycles. The van der Waals surface area contributed by atoms with E-state index < -0.39 is 0 Å².